The number of aryl methyl sites for hydroxylation is 1. The maximum absolute atomic E-state index is 14.5. The van der Waals surface area contributed by atoms with Crippen molar-refractivity contribution in [3.05, 3.63) is 119 Å². The second-order valence-electron chi connectivity index (χ2n) is 10.3. The van der Waals surface area contributed by atoms with Crippen molar-refractivity contribution in [2.45, 2.75) is 30.8 Å². The summed E-state index contributed by atoms with van der Waals surface area (Å²) in [6.45, 7) is 1.16. The molecule has 0 heterocycles. The SMILES string of the molecule is CNC(=O)C(Cc1ccccc1)N(Cc1ccccc1Cl)C(=O)CN(c1cc(OC)ccc1OC)S(=O)(=O)c1ccc(C)cc1. The van der Waals surface area contributed by atoms with Crippen LogP contribution in [-0.2, 0) is 32.6 Å². The summed E-state index contributed by atoms with van der Waals surface area (Å²) < 4.78 is 40.5. The molecule has 0 aliphatic heterocycles. The van der Waals surface area contributed by atoms with Gasteiger partial charge in [0.15, 0.2) is 0 Å². The zero-order valence-corrected chi connectivity index (χ0v) is 27.1. The molecule has 0 aromatic heterocycles. The Kier molecular flexibility index (Phi) is 11.1. The van der Waals surface area contributed by atoms with Crippen LogP contribution in [0.15, 0.2) is 102 Å². The van der Waals surface area contributed by atoms with Crippen LogP contribution in [0, 0.1) is 6.92 Å². The highest BCUT2D eigenvalue weighted by molar-refractivity contribution is 7.92. The molecular weight excluding hydrogens is 614 g/mol. The molecule has 0 saturated heterocycles. The molecule has 236 valence electrons. The third-order valence-electron chi connectivity index (χ3n) is 7.36. The molecule has 4 aromatic carbocycles. The fourth-order valence-corrected chi connectivity index (χ4v) is 6.49. The summed E-state index contributed by atoms with van der Waals surface area (Å²) in [6, 6.07) is 26.3. The first-order valence-corrected chi connectivity index (χ1v) is 16.0. The maximum atomic E-state index is 14.5. The van der Waals surface area contributed by atoms with E-state index >= 15 is 0 Å². The van der Waals surface area contributed by atoms with E-state index in [1.165, 1.54) is 44.4 Å². The van der Waals surface area contributed by atoms with Gasteiger partial charge in [-0.3, -0.25) is 13.9 Å². The average molecular weight is 650 g/mol. The molecule has 0 aliphatic carbocycles. The third kappa shape index (κ3) is 7.95. The van der Waals surface area contributed by atoms with Crippen LogP contribution in [0.4, 0.5) is 5.69 Å². The van der Waals surface area contributed by atoms with E-state index in [1.807, 2.05) is 37.3 Å². The predicted molar refractivity (Wildman–Crippen MR) is 175 cm³/mol. The van der Waals surface area contributed by atoms with Gasteiger partial charge in [0.05, 0.1) is 24.8 Å². The van der Waals surface area contributed by atoms with Crippen LogP contribution in [0.1, 0.15) is 16.7 Å². The number of carbonyl (C=O) groups excluding carboxylic acids is 2. The predicted octanol–water partition coefficient (Wildman–Crippen LogP) is 5.25. The standard InChI is InChI=1S/C34H36ClN3O6S/c1-24-14-17-28(18-15-24)45(41,42)38(30-21-27(43-3)16-19-32(30)44-4)23-33(39)37(22-26-12-8-9-13-29(26)35)31(34(40)36-2)20-25-10-6-5-7-11-25/h5-19,21,31H,20,22-23H2,1-4H3,(H,36,40). The summed E-state index contributed by atoms with van der Waals surface area (Å²) in [5, 5.41) is 3.07. The Morgan fingerprint density at radius 1 is 0.889 bits per heavy atom. The minimum Gasteiger partial charge on any atom is -0.497 e. The number of hydrogen-bond acceptors (Lipinski definition) is 6. The second kappa shape index (κ2) is 15.0. The summed E-state index contributed by atoms with van der Waals surface area (Å²) in [6.07, 6.45) is 0.184. The number of amides is 2. The Morgan fingerprint density at radius 3 is 2.18 bits per heavy atom. The van der Waals surface area contributed by atoms with Crippen molar-refractivity contribution in [3.8, 4) is 11.5 Å². The molecule has 1 unspecified atom stereocenters. The Labute approximate surface area is 269 Å². The van der Waals surface area contributed by atoms with Gasteiger partial charge >= 0.3 is 0 Å². The lowest BCUT2D eigenvalue weighted by Crippen LogP contribution is -2.53. The minimum atomic E-state index is -4.32. The highest BCUT2D eigenvalue weighted by Crippen LogP contribution is 2.36. The average Bonchev–Trinajstić information content (AvgIpc) is 3.05. The van der Waals surface area contributed by atoms with Crippen molar-refractivity contribution in [1.29, 1.82) is 0 Å². The number of ether oxygens (including phenoxy) is 2. The summed E-state index contributed by atoms with van der Waals surface area (Å²) in [4.78, 5) is 29.3. The van der Waals surface area contributed by atoms with Gasteiger partial charge in [-0.1, -0.05) is 77.8 Å². The van der Waals surface area contributed by atoms with E-state index in [9.17, 15) is 18.0 Å². The van der Waals surface area contributed by atoms with Crippen LogP contribution in [0.25, 0.3) is 0 Å². The fraction of sp³-hybridized carbons (Fsp3) is 0.235. The van der Waals surface area contributed by atoms with Crippen LogP contribution in [-0.4, -0.2) is 59.0 Å². The number of nitrogens with one attached hydrogen (secondary N) is 1. The molecule has 0 radical (unpaired) electrons. The van der Waals surface area contributed by atoms with Crippen molar-refractivity contribution in [2.24, 2.45) is 0 Å². The minimum absolute atomic E-state index is 0.0180. The first-order valence-electron chi connectivity index (χ1n) is 14.2. The molecule has 0 saturated carbocycles. The molecule has 0 spiro atoms. The van der Waals surface area contributed by atoms with E-state index in [1.54, 1.807) is 48.5 Å². The van der Waals surface area contributed by atoms with Crippen LogP contribution in [0.2, 0.25) is 5.02 Å². The number of carbonyl (C=O) groups is 2. The molecule has 1 N–H and O–H groups in total. The van der Waals surface area contributed by atoms with Crippen LogP contribution >= 0.6 is 11.6 Å². The number of benzene rings is 4. The van der Waals surface area contributed by atoms with Crippen molar-refractivity contribution >= 4 is 39.1 Å². The molecule has 0 aliphatic rings. The number of halogens is 1. The van der Waals surface area contributed by atoms with Crippen molar-refractivity contribution in [1.82, 2.24) is 10.2 Å². The largest absolute Gasteiger partial charge is 0.497 e. The van der Waals surface area contributed by atoms with E-state index in [0.717, 1.165) is 15.4 Å². The Bertz CT molecular complexity index is 1730. The molecule has 1 atom stereocenters. The van der Waals surface area contributed by atoms with Crippen molar-refractivity contribution in [2.75, 3.05) is 32.1 Å². The molecular formula is C34H36ClN3O6S. The molecule has 11 heteroatoms. The van der Waals surface area contributed by atoms with Gasteiger partial charge in [0.25, 0.3) is 10.0 Å². The van der Waals surface area contributed by atoms with E-state index in [4.69, 9.17) is 21.1 Å². The molecule has 4 aromatic rings. The number of likely N-dealkylation sites (N-methyl/N-ethyl adjacent to an activating group) is 1. The molecule has 9 nitrogen and oxygen atoms in total. The number of sulfonamides is 1. The van der Waals surface area contributed by atoms with Gasteiger partial charge in [-0.05, 0) is 48.4 Å². The number of hydrogen-bond donors (Lipinski definition) is 1. The molecule has 2 amide bonds. The van der Waals surface area contributed by atoms with Gasteiger partial charge in [0.2, 0.25) is 11.8 Å². The number of anilines is 1. The van der Waals surface area contributed by atoms with E-state index in [0.29, 0.717) is 16.3 Å². The van der Waals surface area contributed by atoms with Gasteiger partial charge in [0, 0.05) is 31.1 Å². The highest BCUT2D eigenvalue weighted by Gasteiger charge is 2.35. The van der Waals surface area contributed by atoms with Gasteiger partial charge in [-0.25, -0.2) is 8.42 Å². The third-order valence-corrected chi connectivity index (χ3v) is 9.50. The lowest BCUT2D eigenvalue weighted by Gasteiger charge is -2.34. The van der Waals surface area contributed by atoms with E-state index in [-0.39, 0.29) is 29.3 Å². The van der Waals surface area contributed by atoms with E-state index in [2.05, 4.69) is 5.32 Å². The Balaban J connectivity index is 1.86. The second-order valence-corrected chi connectivity index (χ2v) is 12.6. The normalized spacial score (nSPS) is 11.8. The topological polar surface area (TPSA) is 105 Å². The zero-order chi connectivity index (χ0) is 32.6. The summed E-state index contributed by atoms with van der Waals surface area (Å²) >= 11 is 6.52. The monoisotopic (exact) mass is 649 g/mol. The first-order chi connectivity index (χ1) is 21.6. The summed E-state index contributed by atoms with van der Waals surface area (Å²) in [5.74, 6) is -0.460. The van der Waals surface area contributed by atoms with Crippen LogP contribution < -0.4 is 19.1 Å². The lowest BCUT2D eigenvalue weighted by molar-refractivity contribution is -0.139. The molecule has 0 fully saturated rings. The van der Waals surface area contributed by atoms with Gasteiger partial charge in [-0.15, -0.1) is 0 Å². The summed E-state index contributed by atoms with van der Waals surface area (Å²) in [5.41, 5.74) is 2.39. The van der Waals surface area contributed by atoms with Crippen LogP contribution in [0.5, 0.6) is 11.5 Å². The smallest absolute Gasteiger partial charge is 0.264 e. The molecule has 0 bridgehead atoms. The van der Waals surface area contributed by atoms with E-state index < -0.39 is 34.4 Å². The number of methoxy groups -OCH3 is 2. The highest BCUT2D eigenvalue weighted by atomic mass is 35.5. The molecule has 45 heavy (non-hydrogen) atoms. The van der Waals surface area contributed by atoms with Gasteiger partial charge < -0.3 is 19.7 Å². The number of nitrogens with zero attached hydrogens (tertiary/aromatic N) is 2. The van der Waals surface area contributed by atoms with Gasteiger partial charge in [-0.2, -0.15) is 0 Å². The first kappa shape index (κ1) is 33.4. The number of rotatable bonds is 13. The van der Waals surface area contributed by atoms with Crippen molar-refractivity contribution in [3.63, 3.8) is 0 Å². The molecule has 4 rings (SSSR count). The quantitative estimate of drug-likeness (QED) is 0.212. The van der Waals surface area contributed by atoms with Gasteiger partial charge in [0.1, 0.15) is 24.1 Å². The fourth-order valence-electron chi connectivity index (χ4n) is 4.87. The maximum Gasteiger partial charge on any atom is 0.264 e. The van der Waals surface area contributed by atoms with Crippen molar-refractivity contribution < 1.29 is 27.5 Å². The van der Waals surface area contributed by atoms with Crippen LogP contribution in [0.3, 0.4) is 0 Å². The zero-order valence-electron chi connectivity index (χ0n) is 25.6. The Hall–Kier alpha value is -4.54. The summed E-state index contributed by atoms with van der Waals surface area (Å²) in [7, 11) is 0.0375. The lowest BCUT2D eigenvalue weighted by atomic mass is 10.0. The Morgan fingerprint density at radius 2 is 1.56 bits per heavy atom.